The predicted molar refractivity (Wildman–Crippen MR) is 206 cm³/mol. The number of hydrogen-bond donors (Lipinski definition) is 0. The third-order valence-electron chi connectivity index (χ3n) is 10.5. The molecule has 0 bridgehead atoms. The molecule has 1 aliphatic carbocycles. The van der Waals surface area contributed by atoms with Crippen molar-refractivity contribution in [1.29, 1.82) is 0 Å². The van der Waals surface area contributed by atoms with Crippen molar-refractivity contribution in [3.8, 4) is 16.9 Å². The summed E-state index contributed by atoms with van der Waals surface area (Å²) in [5, 5.41) is 5.02. The minimum absolute atomic E-state index is 0. The van der Waals surface area contributed by atoms with Crippen molar-refractivity contribution in [2.24, 2.45) is 0 Å². The number of benzene rings is 6. The van der Waals surface area contributed by atoms with Crippen molar-refractivity contribution >= 4 is 38.9 Å². The summed E-state index contributed by atoms with van der Waals surface area (Å²) in [7, 11) is 0. The van der Waals surface area contributed by atoms with Crippen LogP contribution in [0.2, 0.25) is 0 Å². The first kappa shape index (κ1) is 29.1. The van der Waals surface area contributed by atoms with Gasteiger partial charge in [0.2, 0.25) is 0 Å². The number of rotatable bonds is 5. The van der Waals surface area contributed by atoms with Crippen molar-refractivity contribution in [2.75, 3.05) is 17.1 Å². The Bertz CT molecular complexity index is 2730. The van der Waals surface area contributed by atoms with Crippen LogP contribution in [0, 0.1) is 12.1 Å². The summed E-state index contributed by atoms with van der Waals surface area (Å²) in [5.41, 5.74) is 10.6. The van der Waals surface area contributed by atoms with Crippen LogP contribution in [0.5, 0.6) is 0 Å². The summed E-state index contributed by atoms with van der Waals surface area (Å²) in [6, 6.07) is 55.6. The van der Waals surface area contributed by atoms with E-state index in [0.717, 1.165) is 66.1 Å². The zero-order chi connectivity index (χ0) is 36.8. The van der Waals surface area contributed by atoms with Crippen LogP contribution in [0.15, 0.2) is 146 Å². The molecule has 0 atom stereocenters. The molecule has 0 spiro atoms. The average Bonchev–Trinajstić information content (AvgIpc) is 3.85. The van der Waals surface area contributed by atoms with Crippen LogP contribution in [0.4, 0.5) is 17.1 Å². The van der Waals surface area contributed by atoms with Gasteiger partial charge in [-0.3, -0.25) is 0 Å². The molecular formula is C46H35N4OPt-. The average molecular weight is 858 g/mol. The van der Waals surface area contributed by atoms with Gasteiger partial charge in [-0.25, -0.2) is 4.98 Å². The van der Waals surface area contributed by atoms with Gasteiger partial charge in [-0.15, -0.1) is 38.8 Å². The number of aromatic nitrogens is 2. The van der Waals surface area contributed by atoms with E-state index in [1.807, 2.05) is 36.5 Å². The van der Waals surface area contributed by atoms with Gasteiger partial charge < -0.3 is 4.57 Å². The summed E-state index contributed by atoms with van der Waals surface area (Å²) in [5.74, 6) is 1.20. The molecular weight excluding hydrogens is 820 g/mol. The number of para-hydroxylation sites is 3. The van der Waals surface area contributed by atoms with Crippen LogP contribution < -0.4 is 10.1 Å². The van der Waals surface area contributed by atoms with E-state index in [4.69, 9.17) is 9.10 Å². The third-order valence-corrected chi connectivity index (χ3v) is 10.5. The first-order chi connectivity index (χ1) is 26.2. The second kappa shape index (κ2) is 12.3. The summed E-state index contributed by atoms with van der Waals surface area (Å²) in [6.07, 6.45) is 1.90. The zero-order valence-corrected chi connectivity index (χ0v) is 30.8. The topological polar surface area (TPSA) is 37.1 Å². The normalized spacial score (nSPS) is 15.2. The Morgan fingerprint density at radius 3 is 2.15 bits per heavy atom. The molecule has 2 aromatic heterocycles. The number of hydroxylamine groups is 1. The maximum atomic E-state index is 8.23. The zero-order valence-electron chi connectivity index (χ0n) is 31.5. The SMILES string of the molecule is [2H]C([2H])([2H])N1[OH+]N(c2[c-]c(C3(c4[c-]c5c(cc4)c4ccccc4n5-c4cc(C(C)C)ccn4)c4ccccc4-c4ccccc43)ccc2)c2ccccc21.[Pt]. The van der Waals surface area contributed by atoms with E-state index in [0.29, 0.717) is 23.0 Å². The molecule has 52 heavy (non-hydrogen) atoms. The third kappa shape index (κ3) is 4.59. The Hall–Kier alpha value is -5.48. The van der Waals surface area contributed by atoms with E-state index in [9.17, 15) is 0 Å². The van der Waals surface area contributed by atoms with Gasteiger partial charge in [-0.1, -0.05) is 98.2 Å². The van der Waals surface area contributed by atoms with E-state index in [2.05, 4.69) is 139 Å². The summed E-state index contributed by atoms with van der Waals surface area (Å²) >= 11 is 0. The van der Waals surface area contributed by atoms with E-state index >= 15 is 0 Å². The standard InChI is InChI=1S/C46H34N4O.Pt/c1-30(2)31-25-26-47-45(27-31)49-41-20-9-6-17-37(41)38-24-23-33(29-44(38)49)46(39-18-7-4-15-35(39)36-16-5-8-19-40(36)46)32-13-12-14-34(28-32)50-43-22-11-10-21-42(43)48(3)51-50;/h4-27,30H,1-3H3;/q-2;/p+1/i3D3;. The van der Waals surface area contributed by atoms with Crippen molar-refractivity contribution in [3.05, 3.63) is 186 Å². The molecule has 1 N–H and O–H groups in total. The Balaban J connectivity index is 0.00000397. The molecule has 8 aromatic rings. The van der Waals surface area contributed by atoms with E-state index in [-0.39, 0.29) is 21.1 Å². The molecule has 3 heterocycles. The van der Waals surface area contributed by atoms with Crippen LogP contribution in [0.1, 0.15) is 51.7 Å². The number of pyridine rings is 1. The van der Waals surface area contributed by atoms with Crippen LogP contribution in [-0.4, -0.2) is 21.5 Å². The molecule has 0 amide bonds. The Morgan fingerprint density at radius 1 is 0.692 bits per heavy atom. The summed E-state index contributed by atoms with van der Waals surface area (Å²) < 4.78 is 26.9. The van der Waals surface area contributed by atoms with E-state index < -0.39 is 12.4 Å². The fourth-order valence-electron chi connectivity index (χ4n) is 8.21. The minimum atomic E-state index is -2.46. The van der Waals surface area contributed by atoms with Gasteiger partial charge in [0.05, 0.1) is 11.1 Å². The molecule has 256 valence electrons. The van der Waals surface area contributed by atoms with E-state index in [1.54, 1.807) is 11.1 Å². The van der Waals surface area contributed by atoms with Crippen molar-refractivity contribution in [2.45, 2.75) is 25.2 Å². The van der Waals surface area contributed by atoms with Gasteiger partial charge in [0.25, 0.3) is 0 Å². The molecule has 5 nitrogen and oxygen atoms in total. The molecule has 2 aliphatic rings. The van der Waals surface area contributed by atoms with Gasteiger partial charge in [-0.2, -0.15) is 35.3 Å². The number of nitrogens with zero attached hydrogens (tertiary/aromatic N) is 4. The second-order valence-corrected chi connectivity index (χ2v) is 13.6. The first-order valence-electron chi connectivity index (χ1n) is 18.8. The quantitative estimate of drug-likeness (QED) is 0.128. The van der Waals surface area contributed by atoms with Crippen molar-refractivity contribution in [1.82, 2.24) is 9.55 Å². The Labute approximate surface area is 322 Å². The molecule has 1 aliphatic heterocycles. The smallest absolute Gasteiger partial charge is 0.145 e. The van der Waals surface area contributed by atoms with Gasteiger partial charge in [0.1, 0.15) is 17.2 Å². The van der Waals surface area contributed by atoms with Gasteiger partial charge in [0.15, 0.2) is 0 Å². The summed E-state index contributed by atoms with van der Waals surface area (Å²) in [6.45, 7) is 1.94. The van der Waals surface area contributed by atoms with Gasteiger partial charge >= 0.3 is 0 Å². The second-order valence-electron chi connectivity index (χ2n) is 13.6. The van der Waals surface area contributed by atoms with Crippen LogP contribution in [0.3, 0.4) is 0 Å². The minimum Gasteiger partial charge on any atom is -0.319 e. The van der Waals surface area contributed by atoms with Crippen molar-refractivity contribution < 1.29 is 30.1 Å². The fraction of sp³-hybridized carbons (Fsp3) is 0.109. The Kier molecular flexibility index (Phi) is 6.91. The number of hydrogen-bond acceptors (Lipinski definition) is 3. The van der Waals surface area contributed by atoms with Gasteiger partial charge in [0, 0.05) is 43.9 Å². The molecule has 0 unspecified atom stereocenters. The molecule has 10 rings (SSSR count). The van der Waals surface area contributed by atoms with Gasteiger partial charge in [-0.05, 0) is 69.5 Å². The van der Waals surface area contributed by atoms with Crippen LogP contribution >= 0.6 is 0 Å². The molecule has 6 aromatic carbocycles. The van der Waals surface area contributed by atoms with Crippen LogP contribution in [0.25, 0.3) is 38.8 Å². The fourth-order valence-corrected chi connectivity index (χ4v) is 8.21. The monoisotopic (exact) mass is 857 g/mol. The molecule has 6 heteroatoms. The molecule has 0 saturated carbocycles. The van der Waals surface area contributed by atoms with Crippen LogP contribution in [-0.2, 0) is 26.5 Å². The maximum Gasteiger partial charge on any atom is 0.145 e. The largest absolute Gasteiger partial charge is 0.319 e. The summed E-state index contributed by atoms with van der Waals surface area (Å²) in [4.78, 5) is 9.55. The molecule has 0 fully saturated rings. The molecule has 0 radical (unpaired) electrons. The molecule has 0 saturated heterocycles. The first-order valence-corrected chi connectivity index (χ1v) is 17.3. The maximum absolute atomic E-state index is 8.23. The predicted octanol–water partition coefficient (Wildman–Crippen LogP) is 10.7. The Morgan fingerprint density at radius 2 is 1.38 bits per heavy atom. The van der Waals surface area contributed by atoms with E-state index in [1.165, 1.54) is 5.56 Å². The van der Waals surface area contributed by atoms with Crippen molar-refractivity contribution in [3.63, 3.8) is 0 Å². The number of anilines is 3. The number of fused-ring (bicyclic) bond motifs is 7.